The van der Waals surface area contributed by atoms with Gasteiger partial charge in [0, 0.05) is 0 Å². The fourth-order valence-corrected chi connectivity index (χ4v) is 1.89. The van der Waals surface area contributed by atoms with E-state index in [9.17, 15) is 13.2 Å². The Morgan fingerprint density at radius 3 is 2.65 bits per heavy atom. The first-order valence-electron chi connectivity index (χ1n) is 4.41. The number of benzene rings is 1. The van der Waals surface area contributed by atoms with Gasteiger partial charge in [0.05, 0.1) is 11.8 Å². The summed E-state index contributed by atoms with van der Waals surface area (Å²) in [4.78, 5) is 3.79. The van der Waals surface area contributed by atoms with Crippen molar-refractivity contribution in [1.29, 1.82) is 0 Å². The van der Waals surface area contributed by atoms with E-state index >= 15 is 0 Å². The molecule has 0 aliphatic rings. The van der Waals surface area contributed by atoms with E-state index in [0.717, 1.165) is 23.5 Å². The number of hydrogen-bond acceptors (Lipinski definition) is 3. The molecule has 90 valence electrons. The molecule has 0 bridgehead atoms. The molecule has 7 heteroatoms. The highest BCUT2D eigenvalue weighted by Gasteiger charge is 2.30. The van der Waals surface area contributed by atoms with E-state index in [1.807, 2.05) is 0 Å². The highest BCUT2D eigenvalue weighted by atomic mass is 35.5. The van der Waals surface area contributed by atoms with Crippen LogP contribution in [0.2, 0.25) is 4.34 Å². The summed E-state index contributed by atoms with van der Waals surface area (Å²) >= 11 is 6.67. The molecule has 0 spiro atoms. The van der Waals surface area contributed by atoms with Crippen LogP contribution in [-0.2, 0) is 6.18 Å². The minimum Gasteiger partial charge on any atom is -0.431 e. The van der Waals surface area contributed by atoms with Gasteiger partial charge in [-0.3, -0.25) is 0 Å². The van der Waals surface area contributed by atoms with Gasteiger partial charge >= 0.3 is 6.18 Å². The van der Waals surface area contributed by atoms with Crippen molar-refractivity contribution in [3.63, 3.8) is 0 Å². The molecule has 0 N–H and O–H groups in total. The second kappa shape index (κ2) is 4.54. The van der Waals surface area contributed by atoms with Crippen molar-refractivity contribution >= 4 is 22.9 Å². The first-order chi connectivity index (χ1) is 7.95. The Bertz CT molecular complexity index is 526. The molecule has 0 saturated heterocycles. The third-order valence-corrected chi connectivity index (χ3v) is 2.82. The molecule has 1 aromatic carbocycles. The van der Waals surface area contributed by atoms with Crippen LogP contribution in [0.3, 0.4) is 0 Å². The zero-order valence-corrected chi connectivity index (χ0v) is 9.73. The molecular formula is C10H5ClF3NOS. The Kier molecular flexibility index (Phi) is 3.26. The van der Waals surface area contributed by atoms with E-state index in [0.29, 0.717) is 4.34 Å². The average Bonchev–Trinajstić information content (AvgIpc) is 2.63. The smallest absolute Gasteiger partial charge is 0.416 e. The molecule has 0 fully saturated rings. The fourth-order valence-electron chi connectivity index (χ4n) is 1.12. The summed E-state index contributed by atoms with van der Waals surface area (Å²) in [6.07, 6.45) is -3.02. The molecule has 0 atom stereocenters. The first kappa shape index (κ1) is 12.2. The molecule has 2 nitrogen and oxygen atoms in total. The van der Waals surface area contributed by atoms with Crippen LogP contribution >= 0.6 is 22.9 Å². The SMILES string of the molecule is FC(F)(F)c1cccc(Oc2ncc(Cl)s2)c1. The second-order valence-corrected chi connectivity index (χ2v) is 4.68. The molecule has 0 amide bonds. The minimum absolute atomic E-state index is 0.0749. The highest BCUT2D eigenvalue weighted by Crippen LogP contribution is 2.34. The minimum atomic E-state index is -4.39. The number of ether oxygens (including phenoxy) is 1. The first-order valence-corrected chi connectivity index (χ1v) is 5.61. The van der Waals surface area contributed by atoms with E-state index in [-0.39, 0.29) is 10.9 Å². The molecular weight excluding hydrogens is 275 g/mol. The van der Waals surface area contributed by atoms with Crippen molar-refractivity contribution in [3.8, 4) is 10.9 Å². The maximum atomic E-state index is 12.4. The number of aromatic nitrogens is 1. The summed E-state index contributed by atoms with van der Waals surface area (Å²) in [6.45, 7) is 0. The molecule has 2 aromatic rings. The molecule has 0 radical (unpaired) electrons. The summed E-state index contributed by atoms with van der Waals surface area (Å²) in [5.41, 5.74) is -0.766. The van der Waals surface area contributed by atoms with E-state index in [1.165, 1.54) is 18.3 Å². The maximum Gasteiger partial charge on any atom is 0.416 e. The standard InChI is InChI=1S/C10H5ClF3NOS/c11-8-5-15-9(17-8)16-7-3-1-2-6(4-7)10(12,13)14/h1-5H. The number of rotatable bonds is 2. The predicted molar refractivity (Wildman–Crippen MR) is 58.6 cm³/mol. The van der Waals surface area contributed by atoms with Crippen LogP contribution in [0.1, 0.15) is 5.56 Å². The molecule has 0 saturated carbocycles. The lowest BCUT2D eigenvalue weighted by molar-refractivity contribution is -0.137. The Hall–Kier alpha value is -1.27. The van der Waals surface area contributed by atoms with Crippen LogP contribution in [0.4, 0.5) is 13.2 Å². The molecule has 1 aromatic heterocycles. The van der Waals surface area contributed by atoms with Crippen LogP contribution < -0.4 is 4.74 Å². The van der Waals surface area contributed by atoms with Gasteiger partial charge in [0.15, 0.2) is 0 Å². The van der Waals surface area contributed by atoms with Gasteiger partial charge in [-0.1, -0.05) is 29.0 Å². The number of halogens is 4. The molecule has 1 heterocycles. The molecule has 0 aliphatic heterocycles. The third kappa shape index (κ3) is 3.10. The lowest BCUT2D eigenvalue weighted by atomic mass is 10.2. The molecule has 2 rings (SSSR count). The monoisotopic (exact) mass is 279 g/mol. The normalized spacial score (nSPS) is 11.5. The van der Waals surface area contributed by atoms with Crippen molar-refractivity contribution < 1.29 is 17.9 Å². The van der Waals surface area contributed by atoms with Gasteiger partial charge in [-0.25, -0.2) is 4.98 Å². The van der Waals surface area contributed by atoms with Crippen molar-refractivity contribution in [2.24, 2.45) is 0 Å². The number of nitrogens with zero attached hydrogens (tertiary/aromatic N) is 1. The predicted octanol–water partition coefficient (Wildman–Crippen LogP) is 4.61. The fraction of sp³-hybridized carbons (Fsp3) is 0.100. The summed E-state index contributed by atoms with van der Waals surface area (Å²) < 4.78 is 42.8. The van der Waals surface area contributed by atoms with E-state index in [1.54, 1.807) is 0 Å². The van der Waals surface area contributed by atoms with Crippen molar-refractivity contribution in [1.82, 2.24) is 4.98 Å². The van der Waals surface area contributed by atoms with Crippen LogP contribution in [0, 0.1) is 0 Å². The lowest BCUT2D eigenvalue weighted by Gasteiger charge is -2.08. The average molecular weight is 280 g/mol. The Labute approximate surface area is 104 Å². The molecule has 0 unspecified atom stereocenters. The van der Waals surface area contributed by atoms with Gasteiger partial charge in [-0.15, -0.1) is 0 Å². The van der Waals surface area contributed by atoms with Crippen molar-refractivity contribution in [2.75, 3.05) is 0 Å². The van der Waals surface area contributed by atoms with Crippen molar-refractivity contribution in [2.45, 2.75) is 6.18 Å². The maximum absolute atomic E-state index is 12.4. The summed E-state index contributed by atoms with van der Waals surface area (Å²) in [6, 6.07) is 4.58. The van der Waals surface area contributed by atoms with Crippen LogP contribution in [0.5, 0.6) is 10.9 Å². The number of thiazole rings is 1. The van der Waals surface area contributed by atoms with Gasteiger partial charge in [-0.2, -0.15) is 13.2 Å². The Balaban J connectivity index is 2.22. The van der Waals surface area contributed by atoms with Gasteiger partial charge in [0.2, 0.25) is 0 Å². The molecule has 0 aliphatic carbocycles. The topological polar surface area (TPSA) is 22.1 Å². The zero-order valence-electron chi connectivity index (χ0n) is 8.16. The van der Waals surface area contributed by atoms with E-state index < -0.39 is 11.7 Å². The van der Waals surface area contributed by atoms with Gasteiger partial charge in [0.1, 0.15) is 10.1 Å². The lowest BCUT2D eigenvalue weighted by Crippen LogP contribution is -2.04. The quantitative estimate of drug-likeness (QED) is 0.801. The summed E-state index contributed by atoms with van der Waals surface area (Å²) in [5.74, 6) is 0.0749. The summed E-state index contributed by atoms with van der Waals surface area (Å²) in [5, 5.41) is 0.203. The van der Waals surface area contributed by atoms with Gasteiger partial charge in [-0.05, 0) is 18.2 Å². The molecule has 17 heavy (non-hydrogen) atoms. The van der Waals surface area contributed by atoms with E-state index in [2.05, 4.69) is 4.98 Å². The van der Waals surface area contributed by atoms with E-state index in [4.69, 9.17) is 16.3 Å². The van der Waals surface area contributed by atoms with Gasteiger partial charge < -0.3 is 4.74 Å². The number of alkyl halides is 3. The third-order valence-electron chi connectivity index (χ3n) is 1.82. The Morgan fingerprint density at radius 1 is 1.29 bits per heavy atom. The summed E-state index contributed by atoms with van der Waals surface area (Å²) in [7, 11) is 0. The van der Waals surface area contributed by atoms with Crippen LogP contribution in [0.25, 0.3) is 0 Å². The van der Waals surface area contributed by atoms with Crippen LogP contribution in [0.15, 0.2) is 30.5 Å². The van der Waals surface area contributed by atoms with Crippen molar-refractivity contribution in [3.05, 3.63) is 40.4 Å². The van der Waals surface area contributed by atoms with Gasteiger partial charge in [0.25, 0.3) is 5.19 Å². The largest absolute Gasteiger partial charge is 0.431 e. The zero-order chi connectivity index (χ0) is 12.5. The Morgan fingerprint density at radius 2 is 2.06 bits per heavy atom. The second-order valence-electron chi connectivity index (χ2n) is 3.06. The van der Waals surface area contributed by atoms with Crippen LogP contribution in [-0.4, -0.2) is 4.98 Å². The number of hydrogen-bond donors (Lipinski definition) is 0. The highest BCUT2D eigenvalue weighted by molar-refractivity contribution is 7.17.